The lowest BCUT2D eigenvalue weighted by atomic mass is 9.83. The van der Waals surface area contributed by atoms with Gasteiger partial charge >= 0.3 is 0 Å². The summed E-state index contributed by atoms with van der Waals surface area (Å²) in [7, 11) is 0. The minimum atomic E-state index is 0.176. The van der Waals surface area contributed by atoms with Gasteiger partial charge < -0.3 is 4.90 Å². The molecule has 2 fully saturated rings. The van der Waals surface area contributed by atoms with Gasteiger partial charge in [0.05, 0.1) is 10.7 Å². The summed E-state index contributed by atoms with van der Waals surface area (Å²) in [6.07, 6.45) is 2.27. The quantitative estimate of drug-likeness (QED) is 0.860. The van der Waals surface area contributed by atoms with Crippen LogP contribution in [-0.2, 0) is 6.54 Å². The highest BCUT2D eigenvalue weighted by Gasteiger charge is 2.50. The number of carbonyl (C=O) groups excluding carboxylic acids is 1. The number of thiazole rings is 1. The van der Waals surface area contributed by atoms with E-state index in [4.69, 9.17) is 0 Å². The molecule has 0 aliphatic carbocycles. The van der Waals surface area contributed by atoms with Crippen molar-refractivity contribution in [2.45, 2.75) is 38.8 Å². The first-order valence-electron chi connectivity index (χ1n) is 8.58. The van der Waals surface area contributed by atoms with E-state index in [1.807, 2.05) is 36.1 Å². The van der Waals surface area contributed by atoms with Crippen LogP contribution < -0.4 is 0 Å². The molecule has 0 saturated carbocycles. The minimum absolute atomic E-state index is 0.176. The molecular formula is C19H23N3OS. The normalized spacial score (nSPS) is 23.7. The van der Waals surface area contributed by atoms with Crippen LogP contribution in [0.3, 0.4) is 0 Å². The molecule has 2 saturated heterocycles. The van der Waals surface area contributed by atoms with E-state index in [2.05, 4.69) is 22.2 Å². The zero-order valence-electron chi connectivity index (χ0n) is 14.3. The van der Waals surface area contributed by atoms with Crippen molar-refractivity contribution in [3.8, 4) is 0 Å². The Labute approximate surface area is 147 Å². The molecule has 1 unspecified atom stereocenters. The van der Waals surface area contributed by atoms with Crippen LogP contribution in [0.1, 0.15) is 39.5 Å². The van der Waals surface area contributed by atoms with Crippen LogP contribution in [0.25, 0.3) is 0 Å². The maximum absolute atomic E-state index is 12.9. The highest BCUT2D eigenvalue weighted by Crippen LogP contribution is 2.40. The molecule has 1 aromatic carbocycles. The third kappa shape index (κ3) is 2.66. The van der Waals surface area contributed by atoms with E-state index in [0.29, 0.717) is 0 Å². The summed E-state index contributed by atoms with van der Waals surface area (Å²) in [5, 5.41) is 3.29. The molecule has 1 amide bonds. The molecule has 0 bridgehead atoms. The number of likely N-dealkylation sites (tertiary alicyclic amines) is 2. The molecule has 0 radical (unpaired) electrons. The number of carbonyl (C=O) groups is 1. The Balaban J connectivity index is 1.46. The zero-order chi connectivity index (χ0) is 16.7. The highest BCUT2D eigenvalue weighted by atomic mass is 32.1. The summed E-state index contributed by atoms with van der Waals surface area (Å²) in [5.41, 5.74) is 3.25. The Hall–Kier alpha value is -1.72. The largest absolute Gasteiger partial charge is 0.337 e. The van der Waals surface area contributed by atoms with Crippen molar-refractivity contribution in [2.75, 3.05) is 19.6 Å². The lowest BCUT2D eigenvalue weighted by Crippen LogP contribution is -2.60. The second kappa shape index (κ2) is 5.97. The van der Waals surface area contributed by atoms with Crippen LogP contribution in [0.4, 0.5) is 0 Å². The number of rotatable bonds is 3. The molecule has 1 aromatic heterocycles. The summed E-state index contributed by atoms with van der Waals surface area (Å²) in [6, 6.07) is 7.89. The van der Waals surface area contributed by atoms with E-state index < -0.39 is 0 Å². The highest BCUT2D eigenvalue weighted by molar-refractivity contribution is 7.09. The third-order valence-corrected chi connectivity index (χ3v) is 6.35. The monoisotopic (exact) mass is 341 g/mol. The fraction of sp³-hybridized carbons (Fsp3) is 0.474. The van der Waals surface area contributed by atoms with Gasteiger partial charge in [-0.2, -0.15) is 0 Å². The number of hydrogen-bond donors (Lipinski definition) is 0. The Bertz CT molecular complexity index is 771. The first-order valence-corrected chi connectivity index (χ1v) is 9.46. The average molecular weight is 341 g/mol. The van der Waals surface area contributed by atoms with Gasteiger partial charge in [-0.1, -0.05) is 18.2 Å². The standard InChI is InChI=1S/C19H23N3OS/c1-14-5-3-4-6-17(14)18(23)21-9-7-19(13-21)8-10-22(19)11-16-12-24-15(2)20-16/h3-6,12H,7-11,13H2,1-2H3. The number of aromatic nitrogens is 1. The van der Waals surface area contributed by atoms with Crippen molar-refractivity contribution in [3.63, 3.8) is 0 Å². The third-order valence-electron chi connectivity index (χ3n) is 5.53. The van der Waals surface area contributed by atoms with E-state index in [9.17, 15) is 4.79 Å². The number of aryl methyl sites for hydroxylation is 2. The molecule has 0 N–H and O–H groups in total. The van der Waals surface area contributed by atoms with Crippen molar-refractivity contribution in [1.29, 1.82) is 0 Å². The molecule has 3 heterocycles. The predicted octanol–water partition coefficient (Wildman–Crippen LogP) is 3.25. The molecule has 24 heavy (non-hydrogen) atoms. The number of amides is 1. The summed E-state index contributed by atoms with van der Waals surface area (Å²) in [4.78, 5) is 22.0. The van der Waals surface area contributed by atoms with Gasteiger partial charge in [0.2, 0.25) is 0 Å². The predicted molar refractivity (Wildman–Crippen MR) is 96.3 cm³/mol. The van der Waals surface area contributed by atoms with Gasteiger partial charge in [-0.25, -0.2) is 4.98 Å². The van der Waals surface area contributed by atoms with Gasteiger partial charge in [-0.3, -0.25) is 9.69 Å². The second-order valence-electron chi connectivity index (χ2n) is 7.05. The molecule has 1 atom stereocenters. The van der Waals surface area contributed by atoms with E-state index in [0.717, 1.165) is 48.7 Å². The van der Waals surface area contributed by atoms with Gasteiger partial charge in [0, 0.05) is 42.7 Å². The van der Waals surface area contributed by atoms with E-state index in [1.54, 1.807) is 11.3 Å². The molecule has 126 valence electrons. The molecule has 4 nitrogen and oxygen atoms in total. The smallest absolute Gasteiger partial charge is 0.254 e. The maximum atomic E-state index is 12.9. The van der Waals surface area contributed by atoms with Crippen LogP contribution in [0.2, 0.25) is 0 Å². The molecule has 1 spiro atoms. The first-order chi connectivity index (χ1) is 11.6. The van der Waals surface area contributed by atoms with Crippen molar-refractivity contribution in [1.82, 2.24) is 14.8 Å². The Morgan fingerprint density at radius 1 is 1.25 bits per heavy atom. The lowest BCUT2D eigenvalue weighted by Gasteiger charge is -2.50. The fourth-order valence-corrected chi connectivity index (χ4v) is 4.59. The number of benzene rings is 1. The Morgan fingerprint density at radius 2 is 2.04 bits per heavy atom. The van der Waals surface area contributed by atoms with Crippen LogP contribution in [0.15, 0.2) is 29.6 Å². The summed E-state index contributed by atoms with van der Waals surface area (Å²) >= 11 is 1.71. The second-order valence-corrected chi connectivity index (χ2v) is 8.11. The summed E-state index contributed by atoms with van der Waals surface area (Å²) < 4.78 is 0. The first kappa shape index (κ1) is 15.8. The maximum Gasteiger partial charge on any atom is 0.254 e. The van der Waals surface area contributed by atoms with Crippen LogP contribution in [0, 0.1) is 13.8 Å². The zero-order valence-corrected chi connectivity index (χ0v) is 15.1. The molecule has 2 aliphatic rings. The van der Waals surface area contributed by atoms with E-state index in [-0.39, 0.29) is 11.4 Å². The SMILES string of the molecule is Cc1nc(CN2CCC23CCN(C(=O)c2ccccc2C)C3)cs1. The Morgan fingerprint density at radius 3 is 2.71 bits per heavy atom. The minimum Gasteiger partial charge on any atom is -0.337 e. The fourth-order valence-electron chi connectivity index (χ4n) is 3.98. The summed E-state index contributed by atoms with van der Waals surface area (Å²) in [5.74, 6) is 0.182. The van der Waals surface area contributed by atoms with Gasteiger partial charge in [0.1, 0.15) is 0 Å². The van der Waals surface area contributed by atoms with Crippen LogP contribution in [0.5, 0.6) is 0 Å². The van der Waals surface area contributed by atoms with Gasteiger partial charge in [0.15, 0.2) is 0 Å². The van der Waals surface area contributed by atoms with Crippen molar-refractivity contribution in [2.24, 2.45) is 0 Å². The van der Waals surface area contributed by atoms with Crippen molar-refractivity contribution >= 4 is 17.2 Å². The van der Waals surface area contributed by atoms with Crippen molar-refractivity contribution in [3.05, 3.63) is 51.5 Å². The number of nitrogens with zero attached hydrogens (tertiary/aromatic N) is 3. The molecular weight excluding hydrogens is 318 g/mol. The van der Waals surface area contributed by atoms with Crippen molar-refractivity contribution < 1.29 is 4.79 Å². The molecule has 5 heteroatoms. The average Bonchev–Trinajstić information content (AvgIpc) is 3.19. The van der Waals surface area contributed by atoms with Crippen LogP contribution in [-0.4, -0.2) is 45.9 Å². The van der Waals surface area contributed by atoms with Gasteiger partial charge in [0.25, 0.3) is 5.91 Å². The van der Waals surface area contributed by atoms with Gasteiger partial charge in [-0.15, -0.1) is 11.3 Å². The summed E-state index contributed by atoms with van der Waals surface area (Å²) in [6.45, 7) is 7.81. The number of hydrogen-bond acceptors (Lipinski definition) is 4. The van der Waals surface area contributed by atoms with Crippen LogP contribution >= 0.6 is 11.3 Å². The Kier molecular flexibility index (Phi) is 3.93. The topological polar surface area (TPSA) is 36.4 Å². The molecule has 4 rings (SSSR count). The van der Waals surface area contributed by atoms with Gasteiger partial charge in [-0.05, 0) is 38.3 Å². The molecule has 2 aliphatic heterocycles. The lowest BCUT2D eigenvalue weighted by molar-refractivity contribution is -0.0139. The molecule has 2 aromatic rings. The van der Waals surface area contributed by atoms with E-state index in [1.165, 1.54) is 12.1 Å². The van der Waals surface area contributed by atoms with E-state index >= 15 is 0 Å².